The third-order valence-electron chi connectivity index (χ3n) is 2.41. The van der Waals surface area contributed by atoms with Crippen molar-refractivity contribution in [1.82, 2.24) is 0 Å². The second-order valence-corrected chi connectivity index (χ2v) is 5.39. The smallest absolute Gasteiger partial charge is 0.323 e. The molecule has 5 nitrogen and oxygen atoms in total. The molecule has 0 radical (unpaired) electrons. The second kappa shape index (κ2) is 5.74. The summed E-state index contributed by atoms with van der Waals surface area (Å²) in [5.74, 6) is -0.428. The molecule has 0 fully saturated rings. The van der Waals surface area contributed by atoms with Crippen molar-refractivity contribution < 1.29 is 19.2 Å². The van der Waals surface area contributed by atoms with Gasteiger partial charge in [-0.2, -0.15) is 0 Å². The number of nitro groups is 1. The zero-order valence-electron chi connectivity index (χ0n) is 10.2. The lowest BCUT2D eigenvalue weighted by molar-refractivity contribution is -0.385. The molecule has 0 spiro atoms. The van der Waals surface area contributed by atoms with Gasteiger partial charge in [-0.15, -0.1) is 0 Å². The highest BCUT2D eigenvalue weighted by Crippen LogP contribution is 2.42. The first-order valence-corrected chi connectivity index (χ1v) is 6.67. The van der Waals surface area contributed by atoms with Gasteiger partial charge >= 0.3 is 5.69 Å². The third-order valence-corrected chi connectivity index (χ3v) is 3.87. The highest BCUT2D eigenvalue weighted by Gasteiger charge is 2.23. The van der Waals surface area contributed by atoms with Crippen molar-refractivity contribution >= 4 is 28.6 Å². The highest BCUT2D eigenvalue weighted by atomic mass is 35.5. The van der Waals surface area contributed by atoms with Crippen LogP contribution < -0.4 is 4.74 Å². The minimum absolute atomic E-state index is 0.00794. The Balaban J connectivity index is 2.36. The maximum atomic E-state index is 13.0. The zero-order chi connectivity index (χ0) is 14.9. The van der Waals surface area contributed by atoms with Gasteiger partial charge in [0.25, 0.3) is 5.06 Å². The van der Waals surface area contributed by atoms with E-state index in [1.807, 2.05) is 0 Å². The molecule has 2 aromatic rings. The highest BCUT2D eigenvalue weighted by molar-refractivity contribution is 7.14. The molecule has 106 valence electrons. The Hall–Kier alpha value is -1.70. The van der Waals surface area contributed by atoms with Gasteiger partial charge in [0.1, 0.15) is 11.6 Å². The molecule has 20 heavy (non-hydrogen) atoms. The number of aliphatic hydroxyl groups excluding tert-OH is 1. The molecule has 1 heterocycles. The van der Waals surface area contributed by atoms with E-state index in [9.17, 15) is 19.6 Å². The summed E-state index contributed by atoms with van der Waals surface area (Å²) in [5.41, 5.74) is -0.258. The number of rotatable bonds is 4. The van der Waals surface area contributed by atoms with Crippen LogP contribution in [0.3, 0.4) is 0 Å². The maximum absolute atomic E-state index is 13.0. The predicted octanol–water partition coefficient (Wildman–Crippen LogP) is 4.29. The molecule has 0 saturated carbocycles. The van der Waals surface area contributed by atoms with Gasteiger partial charge in [0, 0.05) is 17.0 Å². The Morgan fingerprint density at radius 3 is 2.75 bits per heavy atom. The van der Waals surface area contributed by atoms with E-state index in [-0.39, 0.29) is 21.5 Å². The van der Waals surface area contributed by atoms with Crippen LogP contribution in [0, 0.1) is 15.9 Å². The van der Waals surface area contributed by atoms with Crippen LogP contribution in [0.15, 0.2) is 24.3 Å². The van der Waals surface area contributed by atoms with Crippen LogP contribution in [-0.2, 0) is 0 Å². The summed E-state index contributed by atoms with van der Waals surface area (Å²) >= 11 is 6.56. The fourth-order valence-corrected chi connectivity index (χ4v) is 2.54. The average Bonchev–Trinajstić information content (AvgIpc) is 2.78. The largest absolute Gasteiger partial charge is 0.440 e. The van der Waals surface area contributed by atoms with E-state index in [4.69, 9.17) is 16.3 Å². The van der Waals surface area contributed by atoms with Gasteiger partial charge in [-0.3, -0.25) is 10.1 Å². The van der Waals surface area contributed by atoms with Gasteiger partial charge in [-0.05, 0) is 19.1 Å². The van der Waals surface area contributed by atoms with E-state index in [1.165, 1.54) is 25.1 Å². The van der Waals surface area contributed by atoms with Gasteiger partial charge < -0.3 is 9.84 Å². The summed E-state index contributed by atoms with van der Waals surface area (Å²) in [6.45, 7) is 1.49. The van der Waals surface area contributed by atoms with Gasteiger partial charge in [-0.1, -0.05) is 22.9 Å². The van der Waals surface area contributed by atoms with E-state index >= 15 is 0 Å². The van der Waals surface area contributed by atoms with Crippen molar-refractivity contribution in [2.75, 3.05) is 0 Å². The van der Waals surface area contributed by atoms with Crippen molar-refractivity contribution in [3.05, 3.63) is 50.1 Å². The fraction of sp³-hybridized carbons (Fsp3) is 0.167. The fourth-order valence-electron chi connectivity index (χ4n) is 1.44. The lowest BCUT2D eigenvalue weighted by Gasteiger charge is -2.03. The maximum Gasteiger partial charge on any atom is 0.323 e. The zero-order valence-corrected chi connectivity index (χ0v) is 11.7. The summed E-state index contributed by atoms with van der Waals surface area (Å²) in [4.78, 5) is 10.7. The van der Waals surface area contributed by atoms with Gasteiger partial charge in [0.2, 0.25) is 0 Å². The first-order valence-electron chi connectivity index (χ1n) is 5.47. The normalized spacial score (nSPS) is 12.2. The predicted molar refractivity (Wildman–Crippen MR) is 73.1 cm³/mol. The van der Waals surface area contributed by atoms with Crippen molar-refractivity contribution in [3.8, 4) is 10.8 Å². The molecule has 1 aromatic heterocycles. The van der Waals surface area contributed by atoms with E-state index in [0.717, 1.165) is 17.4 Å². The average molecular weight is 318 g/mol. The third kappa shape index (κ3) is 3.06. The minimum Gasteiger partial charge on any atom is -0.440 e. The second-order valence-electron chi connectivity index (χ2n) is 3.93. The van der Waals surface area contributed by atoms with Crippen molar-refractivity contribution in [3.63, 3.8) is 0 Å². The van der Waals surface area contributed by atoms with Gasteiger partial charge in [0.15, 0.2) is 0 Å². The summed E-state index contributed by atoms with van der Waals surface area (Å²) in [5, 5.41) is 20.3. The molecule has 2 rings (SSSR count). The molecule has 0 aliphatic rings. The van der Waals surface area contributed by atoms with E-state index < -0.39 is 16.8 Å². The van der Waals surface area contributed by atoms with Crippen LogP contribution in [0.25, 0.3) is 0 Å². The molecule has 0 aliphatic heterocycles. The Kier molecular flexibility index (Phi) is 4.22. The molecule has 0 bridgehead atoms. The SMILES string of the molecule is C[C@@H](O)c1cc([N+](=O)[O-])c(Oc2ccc(F)c(Cl)c2)s1. The lowest BCUT2D eigenvalue weighted by atomic mass is 10.3. The van der Waals surface area contributed by atoms with E-state index in [2.05, 4.69) is 0 Å². The number of halogens is 2. The van der Waals surface area contributed by atoms with Crippen molar-refractivity contribution in [1.29, 1.82) is 0 Å². The number of benzene rings is 1. The molecule has 8 heteroatoms. The first-order chi connectivity index (χ1) is 9.38. The van der Waals surface area contributed by atoms with Crippen LogP contribution >= 0.6 is 22.9 Å². The van der Waals surface area contributed by atoms with Crippen molar-refractivity contribution in [2.45, 2.75) is 13.0 Å². The quantitative estimate of drug-likeness (QED) is 0.674. The molecule has 0 amide bonds. The molecule has 0 saturated heterocycles. The Bertz CT molecular complexity index is 659. The molecule has 1 atom stereocenters. The summed E-state index contributed by atoms with van der Waals surface area (Å²) in [6.07, 6.45) is -0.840. The molecule has 1 aromatic carbocycles. The topological polar surface area (TPSA) is 72.6 Å². The Morgan fingerprint density at radius 1 is 1.50 bits per heavy atom. The molecular formula is C12H9ClFNO4S. The summed E-state index contributed by atoms with van der Waals surface area (Å²) < 4.78 is 18.4. The van der Waals surface area contributed by atoms with Gasteiger partial charge in [0.05, 0.1) is 16.0 Å². The van der Waals surface area contributed by atoms with Crippen LogP contribution in [0.5, 0.6) is 10.8 Å². The minimum atomic E-state index is -0.840. The number of thiophene rings is 1. The summed E-state index contributed by atoms with van der Waals surface area (Å²) in [6, 6.07) is 4.89. The van der Waals surface area contributed by atoms with E-state index in [1.54, 1.807) is 0 Å². The van der Waals surface area contributed by atoms with Crippen LogP contribution in [0.2, 0.25) is 5.02 Å². The Morgan fingerprint density at radius 2 is 2.20 bits per heavy atom. The van der Waals surface area contributed by atoms with Crippen LogP contribution in [0.1, 0.15) is 17.9 Å². The lowest BCUT2D eigenvalue weighted by Crippen LogP contribution is -1.90. The molecular weight excluding hydrogens is 309 g/mol. The summed E-state index contributed by atoms with van der Waals surface area (Å²) in [7, 11) is 0. The van der Waals surface area contributed by atoms with E-state index in [0.29, 0.717) is 4.88 Å². The number of hydrogen-bond donors (Lipinski definition) is 1. The number of ether oxygens (including phenoxy) is 1. The number of aliphatic hydroxyl groups is 1. The van der Waals surface area contributed by atoms with Crippen LogP contribution in [-0.4, -0.2) is 10.0 Å². The molecule has 0 unspecified atom stereocenters. The number of hydrogen-bond acceptors (Lipinski definition) is 5. The van der Waals surface area contributed by atoms with Crippen LogP contribution in [0.4, 0.5) is 10.1 Å². The van der Waals surface area contributed by atoms with Crippen molar-refractivity contribution in [2.24, 2.45) is 0 Å². The number of nitrogens with zero attached hydrogens (tertiary/aromatic N) is 1. The molecule has 1 N–H and O–H groups in total. The molecule has 0 aliphatic carbocycles. The first kappa shape index (κ1) is 14.7. The monoisotopic (exact) mass is 317 g/mol. The van der Waals surface area contributed by atoms with Gasteiger partial charge in [-0.25, -0.2) is 4.39 Å². The Labute approximate surface area is 122 Å². The standard InChI is InChI=1S/C12H9ClFNO4S/c1-6(16)11-5-10(15(17)18)12(20-11)19-7-2-3-9(14)8(13)4-7/h2-6,16H,1H3/t6-/m1/s1.